The first-order valence-corrected chi connectivity index (χ1v) is 6.21. The summed E-state index contributed by atoms with van der Waals surface area (Å²) in [5.74, 6) is 3.98. The zero-order valence-corrected chi connectivity index (χ0v) is 9.02. The van der Waals surface area contributed by atoms with E-state index in [9.17, 15) is 0 Å². The summed E-state index contributed by atoms with van der Waals surface area (Å²) in [6.07, 6.45) is 13.4. The number of rotatable bonds is 1. The van der Waals surface area contributed by atoms with E-state index < -0.39 is 0 Å². The first-order valence-electron chi connectivity index (χ1n) is 6.21. The van der Waals surface area contributed by atoms with Crippen molar-refractivity contribution < 1.29 is 0 Å². The topological polar surface area (TPSA) is 0 Å². The van der Waals surface area contributed by atoms with Crippen molar-refractivity contribution in [3.63, 3.8) is 0 Å². The van der Waals surface area contributed by atoms with Crippen LogP contribution in [0.25, 0.3) is 0 Å². The molecule has 1 radical (unpaired) electrons. The summed E-state index contributed by atoms with van der Waals surface area (Å²) >= 11 is 0. The quantitative estimate of drug-likeness (QED) is 0.561. The molecule has 2 atom stereocenters. The van der Waals surface area contributed by atoms with Gasteiger partial charge in [-0.2, -0.15) is 0 Å². The predicted octanol–water partition coefficient (Wildman–Crippen LogP) is 4.35. The van der Waals surface area contributed by atoms with Crippen molar-refractivity contribution >= 4 is 0 Å². The van der Waals surface area contributed by atoms with Crippen LogP contribution in [-0.2, 0) is 0 Å². The Morgan fingerprint density at radius 1 is 0.923 bits per heavy atom. The zero-order chi connectivity index (χ0) is 9.10. The van der Waals surface area contributed by atoms with Gasteiger partial charge in [0.15, 0.2) is 0 Å². The van der Waals surface area contributed by atoms with Crippen LogP contribution in [0.1, 0.15) is 64.7 Å². The normalized spacial score (nSPS) is 37.6. The molecular weight excluding hydrogens is 156 g/mol. The molecule has 0 amide bonds. The molecule has 2 aliphatic carbocycles. The summed E-state index contributed by atoms with van der Waals surface area (Å²) in [7, 11) is 0. The van der Waals surface area contributed by atoms with Gasteiger partial charge in [0.25, 0.3) is 0 Å². The van der Waals surface area contributed by atoms with Crippen molar-refractivity contribution in [3.8, 4) is 0 Å². The average molecular weight is 179 g/mol. The Balaban J connectivity index is 1.83. The Kier molecular flexibility index (Phi) is 3.29. The molecule has 13 heavy (non-hydrogen) atoms. The molecule has 0 nitrogen and oxygen atoms in total. The minimum atomic E-state index is 1.01. The van der Waals surface area contributed by atoms with Crippen molar-refractivity contribution in [2.75, 3.05) is 0 Å². The van der Waals surface area contributed by atoms with Crippen LogP contribution >= 0.6 is 0 Å². The van der Waals surface area contributed by atoms with Crippen molar-refractivity contribution in [3.05, 3.63) is 5.92 Å². The number of hydrogen-bond acceptors (Lipinski definition) is 0. The van der Waals surface area contributed by atoms with Gasteiger partial charge in [-0.1, -0.05) is 39.0 Å². The average Bonchev–Trinajstić information content (AvgIpc) is 2.19. The smallest absolute Gasteiger partial charge is 0.0210 e. The summed E-state index contributed by atoms with van der Waals surface area (Å²) in [6.45, 7) is 2.44. The molecule has 0 aliphatic heterocycles. The lowest BCUT2D eigenvalue weighted by molar-refractivity contribution is 0.265. The molecule has 2 saturated carbocycles. The van der Waals surface area contributed by atoms with E-state index in [0.29, 0.717) is 0 Å². The van der Waals surface area contributed by atoms with Gasteiger partial charge in [-0.3, -0.25) is 0 Å². The molecule has 75 valence electrons. The van der Waals surface area contributed by atoms with E-state index in [1.165, 1.54) is 57.8 Å². The van der Waals surface area contributed by atoms with Gasteiger partial charge < -0.3 is 0 Å². The Hall–Kier alpha value is 0. The zero-order valence-electron chi connectivity index (χ0n) is 9.02. The predicted molar refractivity (Wildman–Crippen MR) is 57.5 cm³/mol. The van der Waals surface area contributed by atoms with Crippen LogP contribution in [0.3, 0.4) is 0 Å². The van der Waals surface area contributed by atoms with Crippen molar-refractivity contribution in [1.82, 2.24) is 0 Å². The molecule has 0 aromatic rings. The fourth-order valence-electron chi connectivity index (χ4n) is 3.22. The van der Waals surface area contributed by atoms with Gasteiger partial charge in [-0.05, 0) is 43.4 Å². The second-order valence-corrected chi connectivity index (χ2v) is 5.19. The van der Waals surface area contributed by atoms with E-state index in [0.717, 1.165) is 11.8 Å². The Morgan fingerprint density at radius 2 is 1.69 bits per heavy atom. The SMILES string of the molecule is CC1CCCC([C]2CCCCC2)C1. The largest absolute Gasteiger partial charge is 0.0625 e. The van der Waals surface area contributed by atoms with Crippen LogP contribution in [0.5, 0.6) is 0 Å². The summed E-state index contributed by atoms with van der Waals surface area (Å²) in [5, 5.41) is 0. The molecule has 2 rings (SSSR count). The highest BCUT2D eigenvalue weighted by Gasteiger charge is 2.27. The van der Waals surface area contributed by atoms with Crippen molar-refractivity contribution in [1.29, 1.82) is 0 Å². The van der Waals surface area contributed by atoms with E-state index in [-0.39, 0.29) is 0 Å². The molecule has 2 unspecified atom stereocenters. The lowest BCUT2D eigenvalue weighted by atomic mass is 9.71. The summed E-state index contributed by atoms with van der Waals surface area (Å²) < 4.78 is 0. The molecule has 0 saturated heterocycles. The molecule has 2 aliphatic rings. The van der Waals surface area contributed by atoms with Gasteiger partial charge in [0, 0.05) is 0 Å². The van der Waals surface area contributed by atoms with Gasteiger partial charge >= 0.3 is 0 Å². The highest BCUT2D eigenvalue weighted by atomic mass is 14.3. The maximum Gasteiger partial charge on any atom is -0.0210 e. The van der Waals surface area contributed by atoms with Gasteiger partial charge in [0.2, 0.25) is 0 Å². The van der Waals surface area contributed by atoms with Crippen LogP contribution < -0.4 is 0 Å². The number of hydrogen-bond donors (Lipinski definition) is 0. The van der Waals surface area contributed by atoms with Crippen LogP contribution in [0.4, 0.5) is 0 Å². The van der Waals surface area contributed by atoms with E-state index in [4.69, 9.17) is 0 Å². The molecule has 2 fully saturated rings. The third kappa shape index (κ3) is 2.48. The van der Waals surface area contributed by atoms with E-state index >= 15 is 0 Å². The molecule has 0 aromatic carbocycles. The highest BCUT2D eigenvalue weighted by molar-refractivity contribution is 4.99. The standard InChI is InChI=1S/C13H23/c1-11-6-5-9-13(10-11)12-7-3-2-4-8-12/h11,13H,2-10H2,1H3. The summed E-state index contributed by atoms with van der Waals surface area (Å²) in [4.78, 5) is 0. The van der Waals surface area contributed by atoms with Crippen molar-refractivity contribution in [2.45, 2.75) is 64.7 Å². The first-order chi connectivity index (χ1) is 6.36. The summed E-state index contributed by atoms with van der Waals surface area (Å²) in [5.41, 5.74) is 0. The Bertz CT molecular complexity index is 144. The van der Waals surface area contributed by atoms with Gasteiger partial charge in [-0.25, -0.2) is 0 Å². The third-order valence-corrected chi connectivity index (χ3v) is 4.01. The monoisotopic (exact) mass is 179 g/mol. The Morgan fingerprint density at radius 3 is 2.38 bits per heavy atom. The highest BCUT2D eigenvalue weighted by Crippen LogP contribution is 2.41. The molecular formula is C13H23. The maximum absolute atomic E-state index is 2.44. The molecule has 0 spiro atoms. The van der Waals surface area contributed by atoms with Crippen LogP contribution in [0, 0.1) is 17.8 Å². The van der Waals surface area contributed by atoms with Crippen LogP contribution in [-0.4, -0.2) is 0 Å². The second kappa shape index (κ2) is 4.48. The van der Waals surface area contributed by atoms with Crippen LogP contribution in [0.2, 0.25) is 0 Å². The van der Waals surface area contributed by atoms with E-state index in [1.807, 2.05) is 5.92 Å². The van der Waals surface area contributed by atoms with Gasteiger partial charge in [0.1, 0.15) is 0 Å². The van der Waals surface area contributed by atoms with E-state index in [2.05, 4.69) is 6.92 Å². The first kappa shape index (κ1) is 9.55. The summed E-state index contributed by atoms with van der Waals surface area (Å²) in [6, 6.07) is 0. The van der Waals surface area contributed by atoms with Gasteiger partial charge in [0.05, 0.1) is 0 Å². The second-order valence-electron chi connectivity index (χ2n) is 5.19. The lowest BCUT2D eigenvalue weighted by Crippen LogP contribution is -2.21. The minimum Gasteiger partial charge on any atom is -0.0625 e. The third-order valence-electron chi connectivity index (χ3n) is 4.01. The maximum atomic E-state index is 2.44. The van der Waals surface area contributed by atoms with Crippen molar-refractivity contribution in [2.24, 2.45) is 11.8 Å². The Labute approximate surface area is 83.1 Å². The molecule has 0 heterocycles. The van der Waals surface area contributed by atoms with Gasteiger partial charge in [-0.15, -0.1) is 0 Å². The molecule has 0 N–H and O–H groups in total. The molecule has 0 aromatic heterocycles. The van der Waals surface area contributed by atoms with E-state index in [1.54, 1.807) is 0 Å². The lowest BCUT2D eigenvalue weighted by Gasteiger charge is -2.35. The molecule has 0 heteroatoms. The molecule has 0 bridgehead atoms. The van der Waals surface area contributed by atoms with Crippen LogP contribution in [0.15, 0.2) is 0 Å². The fourth-order valence-corrected chi connectivity index (χ4v) is 3.22. The fraction of sp³-hybridized carbons (Fsp3) is 0.923. The minimum absolute atomic E-state index is 1.01.